The lowest BCUT2D eigenvalue weighted by molar-refractivity contribution is -0.270. The number of aliphatic hydroxyl groups is 3. The third-order valence-electron chi connectivity index (χ3n) is 9.20. The number of amides is 2. The molecule has 0 aromatic carbocycles. The van der Waals surface area contributed by atoms with E-state index >= 15 is 0 Å². The smallest absolute Gasteiger partial charge is 0.394 e. The van der Waals surface area contributed by atoms with E-state index in [4.69, 9.17) is 38.7 Å². The van der Waals surface area contributed by atoms with Gasteiger partial charge in [0.1, 0.15) is 48.4 Å². The van der Waals surface area contributed by atoms with Crippen molar-refractivity contribution in [1.29, 1.82) is 0 Å². The van der Waals surface area contributed by atoms with Crippen LogP contribution < -0.4 is 21.9 Å². The summed E-state index contributed by atoms with van der Waals surface area (Å²) < 4.78 is 60.0. The molecular formula is C32H51N10O16P. The highest BCUT2D eigenvalue weighted by molar-refractivity contribution is 7.47. The molecule has 3 aromatic rings. The number of hydrogen-bond donors (Lipinski definition) is 8. The molecule has 0 bridgehead atoms. The summed E-state index contributed by atoms with van der Waals surface area (Å²) in [5.41, 5.74) is 5.62. The second kappa shape index (κ2) is 21.5. The number of nitrogens with two attached hydrogens (primary N) is 1. The van der Waals surface area contributed by atoms with Crippen molar-refractivity contribution in [2.75, 3.05) is 59.5 Å². The minimum absolute atomic E-state index is 0.0275. The number of methoxy groups -OCH3 is 1. The zero-order chi connectivity index (χ0) is 42.7. The Labute approximate surface area is 336 Å². The topological polar surface area (TPSA) is 350 Å². The fourth-order valence-corrected chi connectivity index (χ4v) is 7.02. The summed E-state index contributed by atoms with van der Waals surface area (Å²) in [6.07, 6.45) is -5.33. The Bertz CT molecular complexity index is 1930. The maximum absolute atomic E-state index is 12.6. The van der Waals surface area contributed by atoms with Gasteiger partial charge in [0.25, 0.3) is 5.56 Å². The molecule has 10 atom stereocenters. The lowest BCUT2D eigenvalue weighted by atomic mass is 9.97. The number of aromatic amines is 1. The molecule has 9 N–H and O–H groups in total. The Kier molecular flexibility index (Phi) is 16.8. The van der Waals surface area contributed by atoms with Crippen molar-refractivity contribution in [2.24, 2.45) is 0 Å². The van der Waals surface area contributed by atoms with E-state index in [2.05, 4.69) is 40.4 Å². The summed E-state index contributed by atoms with van der Waals surface area (Å²) in [6.45, 7) is 1.63. The Morgan fingerprint density at radius 1 is 1.08 bits per heavy atom. The van der Waals surface area contributed by atoms with E-state index in [-0.39, 0.29) is 69.0 Å². The molecule has 2 aliphatic heterocycles. The number of nitrogen functional groups attached to an aromatic ring is 1. The van der Waals surface area contributed by atoms with E-state index in [1.54, 1.807) is 6.20 Å². The lowest BCUT2D eigenvalue weighted by Gasteiger charge is -2.42. The molecule has 0 aliphatic carbocycles. The van der Waals surface area contributed by atoms with Crippen LogP contribution in [0.15, 0.2) is 17.3 Å². The monoisotopic (exact) mass is 862 g/mol. The molecule has 330 valence electrons. The van der Waals surface area contributed by atoms with Crippen molar-refractivity contribution >= 4 is 36.7 Å². The quantitative estimate of drug-likeness (QED) is 0.0344. The lowest BCUT2D eigenvalue weighted by Crippen LogP contribution is -2.64. The number of fused-ring (bicyclic) bond motifs is 1. The average Bonchev–Trinajstić information content (AvgIpc) is 3.92. The summed E-state index contributed by atoms with van der Waals surface area (Å²) in [7, 11) is -2.15. The molecule has 2 aliphatic rings. The van der Waals surface area contributed by atoms with Crippen LogP contribution in [0, 0.1) is 0 Å². The summed E-state index contributed by atoms with van der Waals surface area (Å²) in [6, 6.07) is -1.04. The van der Waals surface area contributed by atoms with Gasteiger partial charge in [0.2, 0.25) is 17.8 Å². The van der Waals surface area contributed by atoms with Gasteiger partial charge in [0, 0.05) is 40.7 Å². The Morgan fingerprint density at radius 2 is 1.88 bits per heavy atom. The summed E-state index contributed by atoms with van der Waals surface area (Å²) >= 11 is 0. The molecule has 5 rings (SSSR count). The maximum Gasteiger partial charge on any atom is 0.472 e. The number of ether oxygens (including phenoxy) is 6. The summed E-state index contributed by atoms with van der Waals surface area (Å²) in [5, 5.41) is 43.4. The van der Waals surface area contributed by atoms with Gasteiger partial charge in [-0.3, -0.25) is 33.0 Å². The first kappa shape index (κ1) is 46.1. The minimum atomic E-state index is -4.57. The fourth-order valence-electron chi connectivity index (χ4n) is 6.37. The molecule has 0 radical (unpaired) electrons. The second-order valence-corrected chi connectivity index (χ2v) is 15.0. The van der Waals surface area contributed by atoms with E-state index in [1.165, 1.54) is 29.6 Å². The number of unbranched alkanes of at least 4 members (excludes halogenated alkanes) is 1. The van der Waals surface area contributed by atoms with Crippen LogP contribution in [0.1, 0.15) is 38.1 Å². The number of carbonyl (C=O) groups is 2. The molecule has 59 heavy (non-hydrogen) atoms. The number of phosphoric acid groups is 1. The first-order chi connectivity index (χ1) is 28.2. The van der Waals surface area contributed by atoms with Crippen LogP contribution in [0.3, 0.4) is 0 Å². The Hall–Kier alpha value is -4.02. The van der Waals surface area contributed by atoms with Gasteiger partial charge in [-0.1, -0.05) is 5.21 Å². The third kappa shape index (κ3) is 12.3. The molecule has 5 heterocycles. The van der Waals surface area contributed by atoms with E-state index in [0.29, 0.717) is 25.1 Å². The standard InChI is InChI=1S/C32H51N10O16P/c1-17(44)36-22-25(47)24(46)19(13-43)57-31(22)54-9-5-4-6-21(45)34-7-10-53-11-8-41-12-18(39-40-41)14-55-27-26(58-59(49,50)52-3)20(15-51-2)56-30(27)42-16-35-23-28(42)37-32(33)38-29(23)48/h12,16,19-20,22,24-27,30-31,43,46-47H,4-11,13-15H2,1-3H3,(H,34,45)(H,36,44)(H,49,50)(H3,33,37,38,48)/t19-,20-,22-,24+,25-,26-,27-,30-,31-/m1/s1. The van der Waals surface area contributed by atoms with Crippen LogP contribution in [0.2, 0.25) is 0 Å². The number of aliphatic hydroxyl groups excluding tert-OH is 3. The van der Waals surface area contributed by atoms with Crippen molar-refractivity contribution in [1.82, 2.24) is 45.1 Å². The van der Waals surface area contributed by atoms with Crippen LogP contribution in [0.25, 0.3) is 11.2 Å². The molecule has 2 amide bonds. The summed E-state index contributed by atoms with van der Waals surface area (Å²) in [4.78, 5) is 57.2. The Morgan fingerprint density at radius 3 is 2.61 bits per heavy atom. The molecule has 26 nitrogen and oxygen atoms in total. The first-order valence-corrected chi connectivity index (χ1v) is 20.0. The van der Waals surface area contributed by atoms with Crippen LogP contribution in [-0.4, -0.2) is 169 Å². The van der Waals surface area contributed by atoms with Crippen LogP contribution in [0.5, 0.6) is 0 Å². The molecule has 1 unspecified atom stereocenters. The number of anilines is 1. The largest absolute Gasteiger partial charge is 0.472 e. The maximum atomic E-state index is 12.6. The van der Waals surface area contributed by atoms with Gasteiger partial charge in [-0.05, 0) is 12.8 Å². The van der Waals surface area contributed by atoms with Gasteiger partial charge in [-0.2, -0.15) is 4.98 Å². The molecule has 2 fully saturated rings. The molecule has 0 saturated carbocycles. The molecular weight excluding hydrogens is 811 g/mol. The van der Waals surface area contributed by atoms with Gasteiger partial charge >= 0.3 is 7.82 Å². The first-order valence-electron chi connectivity index (χ1n) is 18.5. The fraction of sp³-hybridized carbons (Fsp3) is 0.719. The van der Waals surface area contributed by atoms with Crippen molar-refractivity contribution in [3.8, 4) is 0 Å². The molecule has 0 spiro atoms. The van der Waals surface area contributed by atoms with Gasteiger partial charge < -0.3 is 65.0 Å². The number of phosphoric ester groups is 1. The van der Waals surface area contributed by atoms with Crippen molar-refractivity contribution < 1.29 is 71.8 Å². The number of aromatic nitrogens is 7. The number of nitrogens with zero attached hydrogens (tertiary/aromatic N) is 6. The number of imidazole rings is 1. The van der Waals surface area contributed by atoms with Crippen LogP contribution in [-0.2, 0) is 64.8 Å². The van der Waals surface area contributed by atoms with Gasteiger partial charge in [-0.25, -0.2) is 14.2 Å². The van der Waals surface area contributed by atoms with E-state index in [9.17, 15) is 39.2 Å². The van der Waals surface area contributed by atoms with Gasteiger partial charge in [0.05, 0.1) is 52.1 Å². The predicted molar refractivity (Wildman–Crippen MR) is 198 cm³/mol. The summed E-state index contributed by atoms with van der Waals surface area (Å²) in [5.74, 6) is -0.828. The van der Waals surface area contributed by atoms with E-state index in [1.807, 2.05) is 0 Å². The Balaban J connectivity index is 1.04. The second-order valence-electron chi connectivity index (χ2n) is 13.5. The normalized spacial score (nSPS) is 26.9. The molecule has 2 saturated heterocycles. The third-order valence-corrected chi connectivity index (χ3v) is 10.2. The number of rotatable bonds is 23. The average molecular weight is 863 g/mol. The number of H-pyrrole nitrogens is 1. The SMILES string of the molecule is COC[C@H]1O[C@@H](n2cnc3c(=O)[nH]c(N)nc32)[C@H](OCc2cn(CCOCCNC(=O)CCCCO[C@@H]3O[C@H](CO)[C@H](O)[C@H](O)[C@H]3NC(C)=O)nn2)[C@@H]1OP(=O)(O)OC. The zero-order valence-corrected chi connectivity index (χ0v) is 33.4. The number of carbonyl (C=O) groups excluding carboxylic acids is 2. The highest BCUT2D eigenvalue weighted by Crippen LogP contribution is 2.48. The van der Waals surface area contributed by atoms with Crippen molar-refractivity contribution in [3.05, 3.63) is 28.6 Å². The van der Waals surface area contributed by atoms with Crippen LogP contribution >= 0.6 is 7.82 Å². The van der Waals surface area contributed by atoms with Crippen molar-refractivity contribution in [2.45, 2.75) is 94.5 Å². The van der Waals surface area contributed by atoms with Crippen LogP contribution in [0.4, 0.5) is 5.95 Å². The molecule has 27 heteroatoms. The highest BCUT2D eigenvalue weighted by atomic mass is 31.2. The van der Waals surface area contributed by atoms with Crippen molar-refractivity contribution in [3.63, 3.8) is 0 Å². The van der Waals surface area contributed by atoms with Gasteiger partial charge in [0.15, 0.2) is 23.7 Å². The number of hydrogen-bond acceptors (Lipinski definition) is 20. The van der Waals surface area contributed by atoms with E-state index in [0.717, 1.165) is 7.11 Å². The van der Waals surface area contributed by atoms with Gasteiger partial charge in [-0.15, -0.1) is 5.10 Å². The minimum Gasteiger partial charge on any atom is -0.394 e. The predicted octanol–water partition coefficient (Wildman–Crippen LogP) is -3.18. The zero-order valence-electron chi connectivity index (χ0n) is 32.5. The molecule has 3 aromatic heterocycles. The highest BCUT2D eigenvalue weighted by Gasteiger charge is 2.51. The number of nitrogens with one attached hydrogen (secondary N) is 3. The van der Waals surface area contributed by atoms with E-state index < -0.39 is 81.1 Å².